The number of carbonyl (C=O) groups is 2. The van der Waals surface area contributed by atoms with Gasteiger partial charge in [-0.1, -0.05) is 12.1 Å². The SMILES string of the molecule is O=C(O)COc1ccc(CCNC(=O)c2cnn3c2CCCC3)cc1. The van der Waals surface area contributed by atoms with Gasteiger partial charge in [-0.3, -0.25) is 9.48 Å². The summed E-state index contributed by atoms with van der Waals surface area (Å²) >= 11 is 0. The Morgan fingerprint density at radius 3 is 2.80 bits per heavy atom. The molecule has 0 aliphatic carbocycles. The van der Waals surface area contributed by atoms with E-state index >= 15 is 0 Å². The van der Waals surface area contributed by atoms with Crippen LogP contribution in [-0.4, -0.2) is 39.9 Å². The molecule has 1 aliphatic heterocycles. The second-order valence-corrected chi connectivity index (χ2v) is 6.02. The van der Waals surface area contributed by atoms with Gasteiger partial charge in [0.15, 0.2) is 6.61 Å². The van der Waals surface area contributed by atoms with Crippen LogP contribution in [0.4, 0.5) is 0 Å². The van der Waals surface area contributed by atoms with Crippen molar-refractivity contribution in [2.75, 3.05) is 13.2 Å². The first-order valence-electron chi connectivity index (χ1n) is 8.40. The zero-order valence-electron chi connectivity index (χ0n) is 13.9. The van der Waals surface area contributed by atoms with Crippen molar-refractivity contribution in [3.05, 3.63) is 47.3 Å². The van der Waals surface area contributed by atoms with Gasteiger partial charge in [-0.15, -0.1) is 0 Å². The van der Waals surface area contributed by atoms with Crippen LogP contribution in [0.15, 0.2) is 30.5 Å². The number of aryl methyl sites for hydroxylation is 1. The lowest BCUT2D eigenvalue weighted by Gasteiger charge is -2.14. The van der Waals surface area contributed by atoms with Crippen molar-refractivity contribution in [3.8, 4) is 5.75 Å². The van der Waals surface area contributed by atoms with Crippen molar-refractivity contribution in [1.29, 1.82) is 0 Å². The number of hydrogen-bond donors (Lipinski definition) is 2. The highest BCUT2D eigenvalue weighted by atomic mass is 16.5. The zero-order chi connectivity index (χ0) is 17.6. The second-order valence-electron chi connectivity index (χ2n) is 6.02. The lowest BCUT2D eigenvalue weighted by molar-refractivity contribution is -0.139. The number of benzene rings is 1. The molecule has 1 amide bonds. The minimum atomic E-state index is -1.01. The van der Waals surface area contributed by atoms with Crippen molar-refractivity contribution >= 4 is 11.9 Å². The third-order valence-electron chi connectivity index (χ3n) is 4.21. The average Bonchev–Trinajstić information content (AvgIpc) is 3.05. The molecule has 1 aromatic carbocycles. The summed E-state index contributed by atoms with van der Waals surface area (Å²) in [6.07, 6.45) is 5.46. The maximum atomic E-state index is 12.3. The molecule has 0 fully saturated rings. The standard InChI is InChI=1S/C18H21N3O4/c22-17(23)12-25-14-6-4-13(5-7-14)8-9-19-18(24)15-11-20-21-10-2-1-3-16(15)21/h4-7,11H,1-3,8-10,12H2,(H,19,24)(H,22,23). The molecule has 2 heterocycles. The molecule has 7 nitrogen and oxygen atoms in total. The summed E-state index contributed by atoms with van der Waals surface area (Å²) < 4.78 is 7.01. The molecule has 25 heavy (non-hydrogen) atoms. The maximum Gasteiger partial charge on any atom is 0.341 e. The first-order chi connectivity index (χ1) is 12.1. The van der Waals surface area contributed by atoms with Gasteiger partial charge in [0.1, 0.15) is 5.75 Å². The predicted molar refractivity (Wildman–Crippen MR) is 90.8 cm³/mol. The molecule has 0 saturated carbocycles. The van der Waals surface area contributed by atoms with Crippen LogP contribution in [0.1, 0.15) is 34.5 Å². The Bertz CT molecular complexity index is 752. The molecule has 3 rings (SSSR count). The van der Waals surface area contributed by atoms with E-state index in [-0.39, 0.29) is 12.5 Å². The molecule has 2 N–H and O–H groups in total. The molecule has 0 radical (unpaired) electrons. The Balaban J connectivity index is 1.48. The average molecular weight is 343 g/mol. The summed E-state index contributed by atoms with van der Waals surface area (Å²) in [5.41, 5.74) is 2.75. The van der Waals surface area contributed by atoms with Crippen LogP contribution in [0.3, 0.4) is 0 Å². The fourth-order valence-corrected chi connectivity index (χ4v) is 2.92. The van der Waals surface area contributed by atoms with E-state index in [0.29, 0.717) is 24.3 Å². The van der Waals surface area contributed by atoms with E-state index in [4.69, 9.17) is 9.84 Å². The third-order valence-corrected chi connectivity index (χ3v) is 4.21. The van der Waals surface area contributed by atoms with Crippen LogP contribution in [0.5, 0.6) is 5.75 Å². The first-order valence-corrected chi connectivity index (χ1v) is 8.40. The van der Waals surface area contributed by atoms with Gasteiger partial charge in [0.2, 0.25) is 0 Å². The van der Waals surface area contributed by atoms with Crippen LogP contribution >= 0.6 is 0 Å². The van der Waals surface area contributed by atoms with Crippen LogP contribution in [0.25, 0.3) is 0 Å². The van der Waals surface area contributed by atoms with Crippen LogP contribution in [0, 0.1) is 0 Å². The lowest BCUT2D eigenvalue weighted by Crippen LogP contribution is -2.27. The summed E-state index contributed by atoms with van der Waals surface area (Å²) in [7, 11) is 0. The number of amides is 1. The smallest absolute Gasteiger partial charge is 0.341 e. The van der Waals surface area contributed by atoms with Crippen molar-refractivity contribution < 1.29 is 19.4 Å². The van der Waals surface area contributed by atoms with E-state index in [2.05, 4.69) is 10.4 Å². The van der Waals surface area contributed by atoms with Gasteiger partial charge in [0, 0.05) is 13.1 Å². The summed E-state index contributed by atoms with van der Waals surface area (Å²) in [6.45, 7) is 1.06. The highest BCUT2D eigenvalue weighted by Crippen LogP contribution is 2.18. The molecule has 0 bridgehead atoms. The van der Waals surface area contributed by atoms with Gasteiger partial charge >= 0.3 is 5.97 Å². The Labute approximate surface area is 145 Å². The highest BCUT2D eigenvalue weighted by molar-refractivity contribution is 5.95. The fraction of sp³-hybridized carbons (Fsp3) is 0.389. The molecule has 1 aliphatic rings. The van der Waals surface area contributed by atoms with Gasteiger partial charge in [0.25, 0.3) is 5.91 Å². The number of nitrogens with one attached hydrogen (secondary N) is 1. The minimum absolute atomic E-state index is 0.0791. The molecule has 0 unspecified atom stereocenters. The molecule has 0 atom stereocenters. The zero-order valence-corrected chi connectivity index (χ0v) is 13.9. The van der Waals surface area contributed by atoms with E-state index in [1.54, 1.807) is 18.3 Å². The van der Waals surface area contributed by atoms with Crippen molar-refractivity contribution in [2.24, 2.45) is 0 Å². The summed E-state index contributed by atoms with van der Waals surface area (Å²) in [5, 5.41) is 15.8. The first kappa shape index (κ1) is 17.0. The Hall–Kier alpha value is -2.83. The molecule has 132 valence electrons. The summed E-state index contributed by atoms with van der Waals surface area (Å²) in [4.78, 5) is 22.8. The van der Waals surface area contributed by atoms with Gasteiger partial charge < -0.3 is 15.2 Å². The predicted octanol–water partition coefficient (Wildman–Crippen LogP) is 1.66. The largest absolute Gasteiger partial charge is 0.482 e. The highest BCUT2D eigenvalue weighted by Gasteiger charge is 2.19. The van der Waals surface area contributed by atoms with Crippen molar-refractivity contribution in [1.82, 2.24) is 15.1 Å². The van der Waals surface area contributed by atoms with Gasteiger partial charge in [-0.25, -0.2) is 4.79 Å². The van der Waals surface area contributed by atoms with Gasteiger partial charge in [-0.05, 0) is 43.4 Å². The molecular formula is C18H21N3O4. The number of aromatic nitrogens is 2. The number of aliphatic carboxylic acids is 1. The van der Waals surface area contributed by atoms with Gasteiger partial charge in [-0.2, -0.15) is 5.10 Å². The van der Waals surface area contributed by atoms with Gasteiger partial charge in [0.05, 0.1) is 17.5 Å². The van der Waals surface area contributed by atoms with E-state index < -0.39 is 5.97 Å². The Morgan fingerprint density at radius 2 is 2.04 bits per heavy atom. The molecule has 1 aromatic heterocycles. The molecule has 0 saturated heterocycles. The number of hydrogen-bond acceptors (Lipinski definition) is 4. The van der Waals surface area contributed by atoms with E-state index in [1.165, 1.54) is 0 Å². The number of carbonyl (C=O) groups excluding carboxylic acids is 1. The second kappa shape index (κ2) is 7.83. The molecule has 7 heteroatoms. The molecule has 2 aromatic rings. The number of nitrogens with zero attached hydrogens (tertiary/aromatic N) is 2. The molecule has 0 spiro atoms. The number of ether oxygens (including phenoxy) is 1. The van der Waals surface area contributed by atoms with E-state index in [9.17, 15) is 9.59 Å². The molecular weight excluding hydrogens is 322 g/mol. The third kappa shape index (κ3) is 4.37. The lowest BCUT2D eigenvalue weighted by atomic mass is 10.1. The number of rotatable bonds is 7. The number of carboxylic acid groups (broad SMARTS) is 1. The normalized spacial score (nSPS) is 13.1. The number of fused-ring (bicyclic) bond motifs is 1. The van der Waals surface area contributed by atoms with Crippen LogP contribution in [-0.2, 0) is 24.2 Å². The van der Waals surface area contributed by atoms with Crippen molar-refractivity contribution in [2.45, 2.75) is 32.2 Å². The number of carboxylic acids is 1. The van der Waals surface area contributed by atoms with E-state index in [1.807, 2.05) is 16.8 Å². The minimum Gasteiger partial charge on any atom is -0.482 e. The van der Waals surface area contributed by atoms with E-state index in [0.717, 1.165) is 37.1 Å². The summed E-state index contributed by atoms with van der Waals surface area (Å²) in [5.74, 6) is -0.569. The monoisotopic (exact) mass is 343 g/mol. The van der Waals surface area contributed by atoms with Crippen LogP contribution < -0.4 is 10.1 Å². The quantitative estimate of drug-likeness (QED) is 0.797. The van der Waals surface area contributed by atoms with Crippen LogP contribution in [0.2, 0.25) is 0 Å². The maximum absolute atomic E-state index is 12.3. The Kier molecular flexibility index (Phi) is 5.33. The van der Waals surface area contributed by atoms with Crippen molar-refractivity contribution in [3.63, 3.8) is 0 Å². The fourth-order valence-electron chi connectivity index (χ4n) is 2.92. The Morgan fingerprint density at radius 1 is 1.24 bits per heavy atom. The topological polar surface area (TPSA) is 93.4 Å². The summed E-state index contributed by atoms with van der Waals surface area (Å²) in [6, 6.07) is 7.19.